The van der Waals surface area contributed by atoms with Crippen molar-refractivity contribution in [3.05, 3.63) is 40.9 Å². The lowest BCUT2D eigenvalue weighted by atomic mass is 10.1. The summed E-state index contributed by atoms with van der Waals surface area (Å²) in [5.74, 6) is 3.27. The van der Waals surface area contributed by atoms with E-state index in [1.54, 1.807) is 21.3 Å². The summed E-state index contributed by atoms with van der Waals surface area (Å²) in [6, 6.07) is 6.04. The Bertz CT molecular complexity index is 993. The third kappa shape index (κ3) is 6.28. The second-order valence-corrected chi connectivity index (χ2v) is 7.17. The molecule has 3 rings (SSSR count). The first-order valence-electron chi connectivity index (χ1n) is 10.2. The number of nitrogens with zero attached hydrogens (tertiary/aromatic N) is 2. The predicted molar refractivity (Wildman–Crippen MR) is 134 cm³/mol. The number of aliphatic imine (C=N–C) groups is 1. The van der Waals surface area contributed by atoms with Crippen LogP contribution < -0.4 is 20.1 Å². The predicted octanol–water partition coefficient (Wildman–Crippen LogP) is 3.75. The van der Waals surface area contributed by atoms with Gasteiger partial charge in [0.25, 0.3) is 0 Å². The Morgan fingerprint density at radius 2 is 1.87 bits per heavy atom. The van der Waals surface area contributed by atoms with Gasteiger partial charge in [0.1, 0.15) is 17.3 Å². The molecule has 0 aliphatic rings. The van der Waals surface area contributed by atoms with Gasteiger partial charge in [-0.1, -0.05) is 5.16 Å². The number of aromatic amines is 1. The molecule has 0 atom stereocenters. The van der Waals surface area contributed by atoms with Crippen molar-refractivity contribution in [2.45, 2.75) is 33.1 Å². The number of guanidine groups is 1. The summed E-state index contributed by atoms with van der Waals surface area (Å²) in [5, 5.41) is 11.8. The first kappa shape index (κ1) is 24.8. The zero-order valence-corrected chi connectivity index (χ0v) is 21.1. The van der Waals surface area contributed by atoms with Crippen LogP contribution in [0.25, 0.3) is 10.9 Å². The molecule has 3 aromatic rings. The first-order valence-corrected chi connectivity index (χ1v) is 10.2. The van der Waals surface area contributed by atoms with Crippen LogP contribution in [-0.2, 0) is 12.8 Å². The minimum absolute atomic E-state index is 0. The highest BCUT2D eigenvalue weighted by Crippen LogP contribution is 2.31. The van der Waals surface area contributed by atoms with Gasteiger partial charge in [0.05, 0.1) is 25.4 Å². The number of hydrogen-bond donors (Lipinski definition) is 3. The highest BCUT2D eigenvalue weighted by molar-refractivity contribution is 14.0. The molecule has 170 valence electrons. The molecule has 0 radical (unpaired) electrons. The van der Waals surface area contributed by atoms with Crippen LogP contribution in [0.5, 0.6) is 11.5 Å². The molecule has 0 amide bonds. The van der Waals surface area contributed by atoms with Crippen LogP contribution in [-0.4, -0.2) is 50.5 Å². The Kier molecular flexibility index (Phi) is 9.47. The molecule has 0 spiro atoms. The number of nitrogens with one attached hydrogen (secondary N) is 3. The maximum absolute atomic E-state index is 5.49. The largest absolute Gasteiger partial charge is 0.497 e. The van der Waals surface area contributed by atoms with E-state index in [0.29, 0.717) is 0 Å². The lowest BCUT2D eigenvalue weighted by Crippen LogP contribution is -2.38. The smallest absolute Gasteiger partial charge is 0.190 e. The Hall–Kier alpha value is -2.43. The fraction of sp³-hybridized carbons (Fsp3) is 0.455. The van der Waals surface area contributed by atoms with Gasteiger partial charge in [-0.2, -0.15) is 0 Å². The summed E-state index contributed by atoms with van der Waals surface area (Å²) in [6.07, 6.45) is 2.74. The molecule has 0 unspecified atom stereocenters. The second-order valence-electron chi connectivity index (χ2n) is 7.17. The van der Waals surface area contributed by atoms with Crippen LogP contribution in [0.3, 0.4) is 0 Å². The number of aryl methyl sites for hydroxylation is 3. The quantitative estimate of drug-likeness (QED) is 0.165. The Labute approximate surface area is 200 Å². The molecule has 0 aliphatic heterocycles. The van der Waals surface area contributed by atoms with Gasteiger partial charge in [-0.05, 0) is 39.2 Å². The molecule has 9 heteroatoms. The van der Waals surface area contributed by atoms with E-state index in [4.69, 9.17) is 14.0 Å². The first-order chi connectivity index (χ1) is 14.5. The molecule has 0 bridgehead atoms. The second kappa shape index (κ2) is 11.8. The van der Waals surface area contributed by atoms with Gasteiger partial charge in [0.15, 0.2) is 5.96 Å². The molecule has 0 saturated carbocycles. The average molecular weight is 541 g/mol. The van der Waals surface area contributed by atoms with E-state index in [-0.39, 0.29) is 24.0 Å². The van der Waals surface area contributed by atoms with Gasteiger partial charge in [0.2, 0.25) is 0 Å². The summed E-state index contributed by atoms with van der Waals surface area (Å²) in [4.78, 5) is 7.75. The number of methoxy groups -OCH3 is 2. The fourth-order valence-electron chi connectivity index (χ4n) is 3.53. The SMILES string of the molecule is CN=C(NCCCc1cc2c(OC)cc(OC)cc2[nH]1)NCCc1c(C)noc1C.I. The van der Waals surface area contributed by atoms with Crippen molar-refractivity contribution in [2.75, 3.05) is 34.4 Å². The molecular formula is C22H32IN5O3. The minimum atomic E-state index is 0. The van der Waals surface area contributed by atoms with Crippen molar-refractivity contribution in [2.24, 2.45) is 4.99 Å². The maximum atomic E-state index is 5.49. The van der Waals surface area contributed by atoms with E-state index in [0.717, 1.165) is 77.7 Å². The van der Waals surface area contributed by atoms with Gasteiger partial charge in [-0.15, -0.1) is 24.0 Å². The van der Waals surface area contributed by atoms with Crippen molar-refractivity contribution in [1.29, 1.82) is 0 Å². The van der Waals surface area contributed by atoms with Crippen molar-refractivity contribution in [1.82, 2.24) is 20.8 Å². The van der Waals surface area contributed by atoms with Gasteiger partial charge < -0.3 is 29.6 Å². The number of rotatable bonds is 9. The summed E-state index contributed by atoms with van der Waals surface area (Å²) < 4.78 is 16.0. The molecule has 0 fully saturated rings. The van der Waals surface area contributed by atoms with Crippen molar-refractivity contribution >= 4 is 40.8 Å². The zero-order chi connectivity index (χ0) is 21.5. The van der Waals surface area contributed by atoms with E-state index in [2.05, 4.69) is 31.8 Å². The van der Waals surface area contributed by atoms with Crippen LogP contribution >= 0.6 is 24.0 Å². The molecule has 31 heavy (non-hydrogen) atoms. The van der Waals surface area contributed by atoms with E-state index in [9.17, 15) is 0 Å². The molecule has 1 aromatic carbocycles. The highest BCUT2D eigenvalue weighted by atomic mass is 127. The van der Waals surface area contributed by atoms with E-state index in [1.165, 1.54) is 5.69 Å². The van der Waals surface area contributed by atoms with Gasteiger partial charge in [0, 0.05) is 48.9 Å². The molecular weight excluding hydrogens is 509 g/mol. The molecule has 8 nitrogen and oxygen atoms in total. The Balaban J connectivity index is 0.00000341. The molecule has 0 aliphatic carbocycles. The summed E-state index contributed by atoms with van der Waals surface area (Å²) >= 11 is 0. The monoisotopic (exact) mass is 541 g/mol. The van der Waals surface area contributed by atoms with Crippen LogP contribution in [0.15, 0.2) is 27.7 Å². The summed E-state index contributed by atoms with van der Waals surface area (Å²) in [5.41, 5.74) is 4.29. The van der Waals surface area contributed by atoms with Crippen LogP contribution in [0.1, 0.15) is 29.1 Å². The standard InChI is InChI=1S/C22H31N5O3.HI/c1-14-18(15(2)30-27-14)8-10-25-22(23-3)24-9-6-7-16-11-19-20(26-16)12-17(28-4)13-21(19)29-5;/h11-13,26H,6-10H2,1-5H3,(H2,23,24,25);1H. The van der Waals surface area contributed by atoms with Gasteiger partial charge >= 0.3 is 0 Å². The fourth-order valence-corrected chi connectivity index (χ4v) is 3.53. The zero-order valence-electron chi connectivity index (χ0n) is 18.8. The Morgan fingerprint density at radius 3 is 2.52 bits per heavy atom. The minimum Gasteiger partial charge on any atom is -0.497 e. The van der Waals surface area contributed by atoms with Gasteiger partial charge in [-0.25, -0.2) is 0 Å². The van der Waals surface area contributed by atoms with Crippen molar-refractivity contribution in [3.8, 4) is 11.5 Å². The van der Waals surface area contributed by atoms with E-state index in [1.807, 2.05) is 26.0 Å². The average Bonchev–Trinajstić information content (AvgIpc) is 3.31. The molecule has 3 N–H and O–H groups in total. The lowest BCUT2D eigenvalue weighted by molar-refractivity contribution is 0.392. The maximum Gasteiger partial charge on any atom is 0.190 e. The third-order valence-electron chi connectivity index (χ3n) is 5.17. The number of halogens is 1. The summed E-state index contributed by atoms with van der Waals surface area (Å²) in [6.45, 7) is 5.50. The third-order valence-corrected chi connectivity index (χ3v) is 5.17. The molecule has 2 aromatic heterocycles. The number of aromatic nitrogens is 2. The Morgan fingerprint density at radius 1 is 1.10 bits per heavy atom. The van der Waals surface area contributed by atoms with E-state index < -0.39 is 0 Å². The van der Waals surface area contributed by atoms with Crippen molar-refractivity contribution in [3.63, 3.8) is 0 Å². The number of fused-ring (bicyclic) bond motifs is 1. The number of ether oxygens (including phenoxy) is 2. The summed E-state index contributed by atoms with van der Waals surface area (Å²) in [7, 11) is 5.11. The highest BCUT2D eigenvalue weighted by Gasteiger charge is 2.10. The van der Waals surface area contributed by atoms with Crippen molar-refractivity contribution < 1.29 is 14.0 Å². The van der Waals surface area contributed by atoms with Crippen LogP contribution in [0.4, 0.5) is 0 Å². The van der Waals surface area contributed by atoms with E-state index >= 15 is 0 Å². The molecule has 0 saturated heterocycles. The number of H-pyrrole nitrogens is 1. The lowest BCUT2D eigenvalue weighted by Gasteiger charge is -2.11. The molecule has 2 heterocycles. The van der Waals surface area contributed by atoms with Crippen LogP contribution in [0, 0.1) is 13.8 Å². The normalized spacial score (nSPS) is 11.3. The number of benzene rings is 1. The van der Waals surface area contributed by atoms with Crippen LogP contribution in [0.2, 0.25) is 0 Å². The number of hydrogen-bond acceptors (Lipinski definition) is 5. The topological polar surface area (TPSA) is 96.7 Å². The van der Waals surface area contributed by atoms with Gasteiger partial charge in [-0.3, -0.25) is 4.99 Å².